The molecule has 4 aliphatic heterocycles. The maximum Gasteiger partial charge on any atom is 0.339 e. The van der Waals surface area contributed by atoms with Crippen molar-refractivity contribution in [2.45, 2.75) is 131 Å². The first kappa shape index (κ1) is 78.1. The molecule has 6 atom stereocenters. The minimum absolute atomic E-state index is 0. The second-order valence-electron chi connectivity index (χ2n) is 26.6. The summed E-state index contributed by atoms with van der Waals surface area (Å²) >= 11 is 19.0. The Morgan fingerprint density at radius 3 is 1.42 bits per heavy atom. The van der Waals surface area contributed by atoms with Gasteiger partial charge in [-0.3, -0.25) is 38.6 Å². The summed E-state index contributed by atoms with van der Waals surface area (Å²) in [5, 5.41) is 17.2. The summed E-state index contributed by atoms with van der Waals surface area (Å²) in [6.45, 7) is 28.2. The third kappa shape index (κ3) is 19.7. The van der Waals surface area contributed by atoms with E-state index < -0.39 is 17.7 Å². The number of hydrogen-bond acceptors (Lipinski definition) is 13. The molecule has 4 saturated heterocycles. The molecule has 103 heavy (non-hydrogen) atoms. The summed E-state index contributed by atoms with van der Waals surface area (Å²) in [6, 6.07) is 39.7. The van der Waals surface area contributed by atoms with Crippen molar-refractivity contribution in [1.29, 1.82) is 2.67 Å². The number of hydrogen-bond donors (Lipinski definition) is 5. The van der Waals surface area contributed by atoms with E-state index in [4.69, 9.17) is 62.6 Å². The van der Waals surface area contributed by atoms with Gasteiger partial charge >= 0.3 is 5.97 Å². The summed E-state index contributed by atoms with van der Waals surface area (Å²) in [5.41, 5.74) is 7.14. The van der Waals surface area contributed by atoms with Gasteiger partial charge in [0.15, 0.2) is 0 Å². The molecule has 3 aromatic heterocycles. The Hall–Kier alpha value is -7.48. The first-order valence-electron chi connectivity index (χ1n) is 36.1. The fourth-order valence-electron chi connectivity index (χ4n) is 13.7. The van der Waals surface area contributed by atoms with Crippen LogP contribution >= 0.6 is 34.8 Å². The number of aromatic carboxylic acids is 1. The average Bonchev–Trinajstić information content (AvgIpc) is 1.66. The monoisotopic (exact) mass is 1690 g/mol. The first-order chi connectivity index (χ1) is 50.0. The van der Waals surface area contributed by atoms with Crippen LogP contribution in [0.1, 0.15) is 133 Å². The van der Waals surface area contributed by atoms with Crippen LogP contribution in [-0.2, 0) is 24.4 Å². The molecule has 0 aliphatic carbocycles. The molecule has 6 aromatic carbocycles. The van der Waals surface area contributed by atoms with Crippen molar-refractivity contribution in [3.05, 3.63) is 194 Å². The van der Waals surface area contributed by atoms with Crippen molar-refractivity contribution in [2.75, 3.05) is 78.0 Å². The van der Waals surface area contributed by atoms with Crippen LogP contribution < -0.4 is 25.4 Å². The Kier molecular flexibility index (Phi) is 28.4. The number of carbonyl (C=O) groups is 5. The number of H-pyrrole nitrogens is 2. The van der Waals surface area contributed by atoms with Gasteiger partial charge in [0, 0.05) is 218 Å². The normalized spacial score (nSPS) is 19.4. The zero-order chi connectivity index (χ0) is 74.9. The molecule has 0 spiro atoms. The predicted molar refractivity (Wildman–Crippen MR) is 410 cm³/mol. The molecule has 1 radical (unpaired) electrons. The SMILES string of the molecule is CCOc1cc2[nH]ccc2cc1C(=O)N1C[C@H](C)N(Cc2ccccc2Cl)C[C@H]1C.CCOc1cc2[nH]ccc2cc1C(=O)O.CCOc1cc2c(cc1C(=O)N1C[C@H](C)N(Cc3ccccc3Cl)C[C@H]1C)c(C(=O)C(=O)N1CCCC1)cn2N.C[C@@H]1CN(Cc2ccccc2Cl)[C@@H](C)CN1.[3H][B][3H].[U]. The van der Waals surface area contributed by atoms with E-state index in [0.717, 1.165) is 93.6 Å². The fourth-order valence-corrected chi connectivity index (χ4v) is 14.3. The molecule has 3 amide bonds. The van der Waals surface area contributed by atoms with E-state index in [1.807, 2.05) is 123 Å². The summed E-state index contributed by atoms with van der Waals surface area (Å²) in [7, 11) is 0.500. The van der Waals surface area contributed by atoms with E-state index in [9.17, 15) is 24.0 Å². The van der Waals surface area contributed by atoms with Crippen LogP contribution in [0.4, 0.5) is 0 Å². The third-order valence-corrected chi connectivity index (χ3v) is 20.4. The molecule has 545 valence electrons. The van der Waals surface area contributed by atoms with Gasteiger partial charge in [0.2, 0.25) is 0 Å². The van der Waals surface area contributed by atoms with Crippen molar-refractivity contribution in [1.82, 2.24) is 49.4 Å². The van der Waals surface area contributed by atoms with E-state index in [-0.39, 0.29) is 78.2 Å². The van der Waals surface area contributed by atoms with Gasteiger partial charge in [0.05, 0.1) is 50.4 Å². The summed E-state index contributed by atoms with van der Waals surface area (Å²) < 4.78 is 29.8. The first-order valence-corrected chi connectivity index (χ1v) is 36.1. The zero-order valence-corrected chi connectivity index (χ0v) is 66.6. The number of ether oxygens (including phenoxy) is 3. The third-order valence-electron chi connectivity index (χ3n) is 19.3. The van der Waals surface area contributed by atoms with E-state index in [0.29, 0.717) is 119 Å². The van der Waals surface area contributed by atoms with Crippen LogP contribution in [0.2, 0.25) is 15.1 Å². The number of nitrogens with zero attached hydrogens (tertiary/aromatic N) is 7. The Morgan fingerprint density at radius 2 is 0.971 bits per heavy atom. The molecule has 0 bridgehead atoms. The van der Waals surface area contributed by atoms with Crippen LogP contribution in [0.5, 0.6) is 17.2 Å². The van der Waals surface area contributed by atoms with Crippen LogP contribution in [0.25, 0.3) is 32.7 Å². The van der Waals surface area contributed by atoms with Crippen LogP contribution in [0.3, 0.4) is 0 Å². The quantitative estimate of drug-likeness (QED) is 0.0247. The minimum atomic E-state index is -0.971. The van der Waals surface area contributed by atoms with Crippen LogP contribution in [0.15, 0.2) is 140 Å². The number of rotatable bonds is 17. The van der Waals surface area contributed by atoms with Gasteiger partial charge < -0.3 is 55.1 Å². The standard InChI is InChI=1S/C30H36ClN5O4.C24H28ClN3O2.C13H19ClN2.C11H11NO3.BH2.U/c1-4-40-27-14-26-22(24(18-36(26)32)28(37)30(39)33-11-7-8-12-33)13-23(27)29(38)35-16-19(2)34(15-20(35)3)17-21-9-5-6-10-25(21)31;1-4-30-23-12-22-18(9-10-26-22)11-20(23)24(29)28-14-16(2)27(13-17(28)3)15-19-7-5-6-8-21(19)25;1-10-8-16(11(2)7-15-10)9-12-5-3-4-6-13(12)14;1-2-15-10-6-9-7(3-4-12-9)5-8(10)11(13)14;;/h5-6,9-10,13-14,18-20H,4,7-8,11-12,15-17,32H2,1-3H3;5-12,16-17,26H,4,13-15H2,1-3H3;3-6,10-11,15H,7-9H2,1-2H3;3-6,12H,2H2,1H3,(H,13,14);1H2;/t19-,20+;16-,17+;10-,11+;;;/m001.../s1/i;;;;1T2;. The number of piperazine rings is 3. The predicted octanol–water partition coefficient (Wildman–Crippen LogP) is 12.8. The molecule has 6 N–H and O–H groups in total. The van der Waals surface area contributed by atoms with Crippen molar-refractivity contribution in [2.24, 2.45) is 0 Å². The van der Waals surface area contributed by atoms with E-state index in [1.165, 1.54) is 16.4 Å². The molecular formula is C78H96BCl3N11O9U. The number of nitrogen functional groups attached to an aromatic ring is 1. The van der Waals surface area contributed by atoms with Crippen molar-refractivity contribution in [3.63, 3.8) is 0 Å². The maximum absolute atomic E-state index is 14.1. The number of carbonyl (C=O) groups excluding carboxylic acids is 4. The van der Waals surface area contributed by atoms with Gasteiger partial charge in [-0.05, 0) is 143 Å². The zero-order valence-electron chi connectivity index (χ0n) is 62.2. The number of amides is 3. The van der Waals surface area contributed by atoms with Gasteiger partial charge in [0.25, 0.3) is 23.5 Å². The number of carboxylic acids is 1. The van der Waals surface area contributed by atoms with Crippen LogP contribution in [-0.4, -0.2) is 198 Å². The Morgan fingerprint density at radius 1 is 0.553 bits per heavy atom. The average molecular weight is 1690 g/mol. The fraction of sp³-hybridized carbons (Fsp3) is 0.397. The number of ketones is 1. The van der Waals surface area contributed by atoms with E-state index in [1.54, 1.807) is 35.4 Å². The van der Waals surface area contributed by atoms with Gasteiger partial charge in [-0.2, -0.15) is 0 Å². The number of fused-ring (bicyclic) bond motifs is 3. The maximum atomic E-state index is 14.1. The van der Waals surface area contributed by atoms with Gasteiger partial charge in [-0.15, -0.1) is 0 Å². The van der Waals surface area contributed by atoms with Crippen molar-refractivity contribution < 1.29 is 74.4 Å². The number of aromatic amines is 2. The van der Waals surface area contributed by atoms with Gasteiger partial charge in [0.1, 0.15) is 22.8 Å². The number of nitrogens with two attached hydrogens (primary N) is 1. The van der Waals surface area contributed by atoms with E-state index in [2.05, 4.69) is 82.8 Å². The van der Waals surface area contributed by atoms with E-state index >= 15 is 0 Å². The minimum Gasteiger partial charge on any atom is -0.493 e. The van der Waals surface area contributed by atoms with Crippen molar-refractivity contribution in [3.8, 4) is 17.2 Å². The molecule has 25 heteroatoms. The topological polar surface area (TPSA) is 227 Å². The smallest absolute Gasteiger partial charge is 0.339 e. The van der Waals surface area contributed by atoms with Crippen molar-refractivity contribution >= 4 is 105 Å². The number of halogens is 3. The number of carboxylic acid groups (broad SMARTS) is 1. The number of aromatic nitrogens is 3. The van der Waals surface area contributed by atoms with Crippen LogP contribution in [0, 0.1) is 31.1 Å². The summed E-state index contributed by atoms with van der Waals surface area (Å²) in [6.07, 6.45) is 6.88. The Bertz CT molecular complexity index is 4430. The number of nitrogens with one attached hydrogen (secondary N) is 3. The number of likely N-dealkylation sites (tertiary alicyclic amines) is 1. The molecule has 4 fully saturated rings. The Balaban J connectivity index is 0.000000187. The molecule has 4 aliphatic rings. The molecular weight excluding hydrogens is 1590 g/mol. The second-order valence-corrected chi connectivity index (χ2v) is 27.8. The Labute approximate surface area is 647 Å². The molecule has 9 aromatic rings. The molecule has 13 rings (SSSR count). The molecule has 7 heterocycles. The number of Topliss-reactive ketones (excluding diaryl/α,β-unsaturated/α-hetero) is 1. The largest absolute Gasteiger partial charge is 0.493 e. The summed E-state index contributed by atoms with van der Waals surface area (Å²) in [5.74, 6) is 5.36. The van der Waals surface area contributed by atoms with Gasteiger partial charge in [-0.1, -0.05) is 89.4 Å². The summed E-state index contributed by atoms with van der Waals surface area (Å²) in [4.78, 5) is 83.6. The molecule has 20 nitrogen and oxygen atoms in total. The second kappa shape index (κ2) is 37.5. The van der Waals surface area contributed by atoms with Gasteiger partial charge in [-0.25, -0.2) is 4.79 Å². The number of benzene rings is 6. The molecule has 0 saturated carbocycles. The molecule has 0 unspecified atom stereocenters.